The van der Waals surface area contributed by atoms with Crippen LogP contribution in [0, 0.1) is 0 Å². The molecule has 19 heavy (non-hydrogen) atoms. The van der Waals surface area contributed by atoms with E-state index in [4.69, 9.17) is 4.74 Å². The van der Waals surface area contributed by atoms with E-state index in [1.165, 1.54) is 0 Å². The summed E-state index contributed by atoms with van der Waals surface area (Å²) in [4.78, 5) is 4.24. The van der Waals surface area contributed by atoms with Gasteiger partial charge in [-0.15, -0.1) is 0 Å². The lowest BCUT2D eigenvalue weighted by Crippen LogP contribution is -2.00. The Bertz CT molecular complexity index is 560. The molecule has 0 radical (unpaired) electrons. The van der Waals surface area contributed by atoms with E-state index in [-0.39, 0.29) is 0 Å². The number of aromatic nitrogens is 1. The van der Waals surface area contributed by atoms with Crippen LogP contribution in [0.3, 0.4) is 0 Å². The molecule has 4 nitrogen and oxygen atoms in total. The number of methoxy groups -OCH3 is 1. The highest BCUT2D eigenvalue weighted by Gasteiger charge is 2.01. The Labute approximate surface area is 121 Å². The number of benzene rings is 1. The maximum Gasteiger partial charge on any atom is 0.127 e. The fourth-order valence-electron chi connectivity index (χ4n) is 1.71. The minimum absolute atomic E-state index is 0.804. The molecule has 1 heterocycles. The van der Waals surface area contributed by atoms with Crippen molar-refractivity contribution in [2.24, 2.45) is 0 Å². The van der Waals surface area contributed by atoms with Gasteiger partial charge in [-0.2, -0.15) is 0 Å². The van der Waals surface area contributed by atoms with Crippen LogP contribution in [-0.2, 0) is 0 Å². The van der Waals surface area contributed by atoms with Gasteiger partial charge in [0.1, 0.15) is 11.6 Å². The third-order valence-electron chi connectivity index (χ3n) is 2.51. The molecule has 0 fully saturated rings. The van der Waals surface area contributed by atoms with Gasteiger partial charge in [-0.1, -0.05) is 15.9 Å². The predicted octanol–water partition coefficient (Wildman–Crippen LogP) is 4.03. The first-order chi connectivity index (χ1) is 9.21. The molecule has 0 atom stereocenters. The van der Waals surface area contributed by atoms with Crippen molar-refractivity contribution in [2.75, 3.05) is 24.3 Å². The minimum atomic E-state index is 0.804. The summed E-state index contributed by atoms with van der Waals surface area (Å²) in [6.45, 7) is 2.89. The molecule has 2 rings (SSSR count). The molecule has 0 aliphatic heterocycles. The molecule has 0 bridgehead atoms. The van der Waals surface area contributed by atoms with Crippen LogP contribution in [0.2, 0.25) is 0 Å². The fraction of sp³-hybridized carbons (Fsp3) is 0.214. The van der Waals surface area contributed by atoms with E-state index < -0.39 is 0 Å². The molecular weight excluding hydrogens is 306 g/mol. The normalized spacial score (nSPS) is 10.1. The highest BCUT2D eigenvalue weighted by atomic mass is 79.9. The number of nitrogens with one attached hydrogen (secondary N) is 2. The quantitative estimate of drug-likeness (QED) is 0.872. The second-order valence-electron chi connectivity index (χ2n) is 3.96. The largest absolute Gasteiger partial charge is 0.497 e. The van der Waals surface area contributed by atoms with E-state index in [2.05, 4.69) is 31.5 Å². The highest BCUT2D eigenvalue weighted by Crippen LogP contribution is 2.27. The van der Waals surface area contributed by atoms with Crippen molar-refractivity contribution in [1.29, 1.82) is 0 Å². The zero-order chi connectivity index (χ0) is 13.7. The molecule has 0 unspecified atom stereocenters. The highest BCUT2D eigenvalue weighted by molar-refractivity contribution is 9.10. The maximum atomic E-state index is 5.24. The van der Waals surface area contributed by atoms with Gasteiger partial charge in [-0.05, 0) is 25.1 Å². The van der Waals surface area contributed by atoms with Crippen molar-refractivity contribution in [3.05, 3.63) is 41.0 Å². The van der Waals surface area contributed by atoms with Crippen LogP contribution in [0.4, 0.5) is 17.2 Å². The number of ether oxygens (including phenoxy) is 1. The first-order valence-electron chi connectivity index (χ1n) is 6.03. The van der Waals surface area contributed by atoms with Gasteiger partial charge in [0.15, 0.2) is 0 Å². The van der Waals surface area contributed by atoms with Crippen molar-refractivity contribution < 1.29 is 4.74 Å². The first-order valence-corrected chi connectivity index (χ1v) is 6.82. The van der Waals surface area contributed by atoms with Crippen LogP contribution in [0.15, 0.2) is 41.0 Å². The standard InChI is InChI=1S/C14H16BrN3O/c1-3-16-14-9-11(4-5-17-14)18-12-6-10(15)7-13(8-12)19-2/h4-9H,3H2,1-2H3,(H2,16,17,18). The summed E-state index contributed by atoms with van der Waals surface area (Å²) in [6, 6.07) is 9.75. The minimum Gasteiger partial charge on any atom is -0.497 e. The Hall–Kier alpha value is -1.75. The van der Waals surface area contributed by atoms with Crippen LogP contribution in [0.25, 0.3) is 0 Å². The van der Waals surface area contributed by atoms with Gasteiger partial charge in [0.05, 0.1) is 7.11 Å². The molecule has 100 valence electrons. The zero-order valence-electron chi connectivity index (χ0n) is 10.9. The van der Waals surface area contributed by atoms with Gasteiger partial charge >= 0.3 is 0 Å². The van der Waals surface area contributed by atoms with Crippen molar-refractivity contribution >= 4 is 33.1 Å². The van der Waals surface area contributed by atoms with E-state index in [0.29, 0.717) is 0 Å². The Morgan fingerprint density at radius 3 is 2.79 bits per heavy atom. The monoisotopic (exact) mass is 321 g/mol. The van der Waals surface area contributed by atoms with Crippen LogP contribution < -0.4 is 15.4 Å². The average molecular weight is 322 g/mol. The molecule has 5 heteroatoms. The smallest absolute Gasteiger partial charge is 0.127 e. The molecular formula is C14H16BrN3O. The molecule has 1 aromatic heterocycles. The molecule has 2 aromatic rings. The molecule has 0 aliphatic rings. The molecule has 0 spiro atoms. The lowest BCUT2D eigenvalue weighted by atomic mass is 10.3. The number of pyridine rings is 1. The SMILES string of the molecule is CCNc1cc(Nc2cc(Br)cc(OC)c2)ccn1. The lowest BCUT2D eigenvalue weighted by Gasteiger charge is -2.10. The summed E-state index contributed by atoms with van der Waals surface area (Å²) in [5.41, 5.74) is 1.94. The molecule has 2 N–H and O–H groups in total. The van der Waals surface area contributed by atoms with E-state index in [1.807, 2.05) is 37.3 Å². The summed E-state index contributed by atoms with van der Waals surface area (Å²) in [5.74, 6) is 1.66. The Morgan fingerprint density at radius 2 is 2.05 bits per heavy atom. The number of anilines is 3. The van der Waals surface area contributed by atoms with Gasteiger partial charge in [0.2, 0.25) is 0 Å². The number of hydrogen-bond donors (Lipinski definition) is 2. The van der Waals surface area contributed by atoms with E-state index >= 15 is 0 Å². The Morgan fingerprint density at radius 1 is 1.21 bits per heavy atom. The summed E-state index contributed by atoms with van der Waals surface area (Å²) in [6.07, 6.45) is 1.77. The topological polar surface area (TPSA) is 46.2 Å². The first kappa shape index (κ1) is 13.7. The summed E-state index contributed by atoms with van der Waals surface area (Å²) >= 11 is 3.46. The van der Waals surface area contributed by atoms with Crippen molar-refractivity contribution in [1.82, 2.24) is 4.98 Å². The van der Waals surface area contributed by atoms with Crippen molar-refractivity contribution in [3.8, 4) is 5.75 Å². The van der Waals surface area contributed by atoms with Gasteiger partial charge < -0.3 is 15.4 Å². The second-order valence-corrected chi connectivity index (χ2v) is 4.88. The van der Waals surface area contributed by atoms with Crippen LogP contribution >= 0.6 is 15.9 Å². The van der Waals surface area contributed by atoms with Crippen molar-refractivity contribution in [3.63, 3.8) is 0 Å². The summed E-state index contributed by atoms with van der Waals surface area (Å²) in [5, 5.41) is 6.51. The van der Waals surface area contributed by atoms with E-state index in [1.54, 1.807) is 13.3 Å². The number of nitrogens with zero attached hydrogens (tertiary/aromatic N) is 1. The van der Waals surface area contributed by atoms with Gasteiger partial charge in [0, 0.05) is 40.7 Å². The third kappa shape index (κ3) is 3.86. The molecule has 1 aromatic carbocycles. The van der Waals surface area contributed by atoms with Crippen molar-refractivity contribution in [2.45, 2.75) is 6.92 Å². The molecule has 0 saturated heterocycles. The van der Waals surface area contributed by atoms with Crippen LogP contribution in [-0.4, -0.2) is 18.6 Å². The molecule has 0 aliphatic carbocycles. The maximum absolute atomic E-state index is 5.24. The van der Waals surface area contributed by atoms with Crippen LogP contribution in [0.5, 0.6) is 5.75 Å². The molecule has 0 amide bonds. The molecule has 0 saturated carbocycles. The van der Waals surface area contributed by atoms with E-state index in [0.717, 1.165) is 34.0 Å². The average Bonchev–Trinajstić information content (AvgIpc) is 2.39. The summed E-state index contributed by atoms with van der Waals surface area (Å²) in [7, 11) is 1.65. The number of halogens is 1. The van der Waals surface area contributed by atoms with Gasteiger partial charge in [-0.25, -0.2) is 4.98 Å². The number of rotatable bonds is 5. The summed E-state index contributed by atoms with van der Waals surface area (Å²) < 4.78 is 6.21. The zero-order valence-corrected chi connectivity index (χ0v) is 12.5. The Kier molecular flexibility index (Phi) is 4.63. The lowest BCUT2D eigenvalue weighted by molar-refractivity contribution is 0.415. The Balaban J connectivity index is 2.20. The second kappa shape index (κ2) is 6.43. The van der Waals surface area contributed by atoms with E-state index in [9.17, 15) is 0 Å². The van der Waals surface area contributed by atoms with Gasteiger partial charge in [-0.3, -0.25) is 0 Å². The van der Waals surface area contributed by atoms with Crippen LogP contribution in [0.1, 0.15) is 6.92 Å². The third-order valence-corrected chi connectivity index (χ3v) is 2.97. The van der Waals surface area contributed by atoms with Gasteiger partial charge in [0.25, 0.3) is 0 Å². The number of hydrogen-bond acceptors (Lipinski definition) is 4. The predicted molar refractivity (Wildman–Crippen MR) is 82.4 cm³/mol. The fourth-order valence-corrected chi connectivity index (χ4v) is 2.18.